The summed E-state index contributed by atoms with van der Waals surface area (Å²) in [5.74, 6) is -4.11. The number of fused-ring (bicyclic) bond motifs is 1. The zero-order valence-electron chi connectivity index (χ0n) is 18.0. The van der Waals surface area contributed by atoms with E-state index >= 15 is 4.39 Å². The standard InChI is InChI=1S/C22H20ClF3N4O4/c1-9(2)27-22(34)12-6-30(18-13(23)3-10(24)4-14(18)25)20-11(19(12)33)5-15(26)21(28-20)29-7-16(31)17(32)8-29/h3-6,9,16-17,31-32H,7-8H2,1-2H3,(H,27,34)/t16-,17-/m1/s1. The van der Waals surface area contributed by atoms with Crippen LogP contribution in [0.3, 0.4) is 0 Å². The summed E-state index contributed by atoms with van der Waals surface area (Å²) in [7, 11) is 0. The minimum absolute atomic E-state index is 0.138. The van der Waals surface area contributed by atoms with Crippen molar-refractivity contribution in [2.75, 3.05) is 18.0 Å². The number of aliphatic hydroxyl groups excluding tert-OH is 2. The Labute approximate surface area is 196 Å². The van der Waals surface area contributed by atoms with Gasteiger partial charge in [0.25, 0.3) is 5.91 Å². The molecular weight excluding hydrogens is 477 g/mol. The maximum absolute atomic E-state index is 15.0. The molecule has 1 aromatic carbocycles. The Kier molecular flexibility index (Phi) is 6.28. The first kappa shape index (κ1) is 24.0. The average Bonchev–Trinajstić information content (AvgIpc) is 3.06. The van der Waals surface area contributed by atoms with Gasteiger partial charge in [-0.15, -0.1) is 0 Å². The molecule has 0 bridgehead atoms. The van der Waals surface area contributed by atoms with Crippen LogP contribution in [0.1, 0.15) is 24.2 Å². The normalized spacial score (nSPS) is 18.2. The van der Waals surface area contributed by atoms with Crippen LogP contribution in [-0.2, 0) is 0 Å². The maximum Gasteiger partial charge on any atom is 0.256 e. The first-order valence-electron chi connectivity index (χ1n) is 10.3. The number of aromatic nitrogens is 2. The molecule has 1 aliphatic rings. The van der Waals surface area contributed by atoms with Crippen molar-refractivity contribution in [1.82, 2.24) is 14.9 Å². The van der Waals surface area contributed by atoms with Crippen LogP contribution >= 0.6 is 11.6 Å². The van der Waals surface area contributed by atoms with Crippen molar-refractivity contribution in [3.8, 4) is 5.69 Å². The van der Waals surface area contributed by atoms with Gasteiger partial charge in [0, 0.05) is 31.4 Å². The van der Waals surface area contributed by atoms with Gasteiger partial charge in [0.05, 0.1) is 22.6 Å². The van der Waals surface area contributed by atoms with Crippen LogP contribution in [0.4, 0.5) is 19.0 Å². The van der Waals surface area contributed by atoms with Crippen molar-refractivity contribution >= 4 is 34.4 Å². The molecule has 12 heteroatoms. The highest BCUT2D eigenvalue weighted by Crippen LogP contribution is 2.30. The molecule has 8 nitrogen and oxygen atoms in total. The number of rotatable bonds is 4. The van der Waals surface area contributed by atoms with Gasteiger partial charge in [-0.1, -0.05) is 11.6 Å². The number of aliphatic hydroxyl groups is 2. The van der Waals surface area contributed by atoms with E-state index in [9.17, 15) is 28.6 Å². The Hall–Kier alpha value is -3.15. The minimum atomic E-state index is -1.15. The number of β-amino-alcohol motifs (C(OH)–C–C–N with tert-alkyl or cyclic N) is 2. The zero-order valence-corrected chi connectivity index (χ0v) is 18.8. The maximum atomic E-state index is 15.0. The smallest absolute Gasteiger partial charge is 0.256 e. The van der Waals surface area contributed by atoms with E-state index in [1.165, 1.54) is 4.90 Å². The van der Waals surface area contributed by atoms with E-state index in [-0.39, 0.29) is 41.0 Å². The number of benzene rings is 1. The fourth-order valence-corrected chi connectivity index (χ4v) is 4.10. The molecular formula is C22H20ClF3N4O4. The molecule has 1 fully saturated rings. The Bertz CT molecular complexity index is 1330. The van der Waals surface area contributed by atoms with Crippen LogP contribution in [0.25, 0.3) is 16.7 Å². The highest BCUT2D eigenvalue weighted by atomic mass is 35.5. The Balaban J connectivity index is 2.04. The number of hydrogen-bond acceptors (Lipinski definition) is 6. The second-order valence-corrected chi connectivity index (χ2v) is 8.70. The van der Waals surface area contributed by atoms with Gasteiger partial charge in [0.1, 0.15) is 17.1 Å². The summed E-state index contributed by atoms with van der Waals surface area (Å²) in [6.07, 6.45) is -1.29. The van der Waals surface area contributed by atoms with Gasteiger partial charge in [-0.3, -0.25) is 14.2 Å². The number of nitrogens with zero attached hydrogens (tertiary/aromatic N) is 3. The lowest BCUT2D eigenvalue weighted by Gasteiger charge is -2.20. The van der Waals surface area contributed by atoms with Crippen molar-refractivity contribution < 1.29 is 28.2 Å². The Morgan fingerprint density at radius 3 is 2.38 bits per heavy atom. The lowest BCUT2D eigenvalue weighted by Crippen LogP contribution is -2.34. The lowest BCUT2D eigenvalue weighted by molar-refractivity contribution is 0.0572. The second-order valence-electron chi connectivity index (χ2n) is 8.29. The molecule has 0 unspecified atom stereocenters. The van der Waals surface area contributed by atoms with Gasteiger partial charge in [-0.25, -0.2) is 18.2 Å². The summed E-state index contributed by atoms with van der Waals surface area (Å²) < 4.78 is 44.5. The summed E-state index contributed by atoms with van der Waals surface area (Å²) in [4.78, 5) is 31.2. The third-order valence-electron chi connectivity index (χ3n) is 5.36. The van der Waals surface area contributed by atoms with Gasteiger partial charge < -0.3 is 20.4 Å². The van der Waals surface area contributed by atoms with E-state index in [1.54, 1.807) is 13.8 Å². The Morgan fingerprint density at radius 2 is 1.79 bits per heavy atom. The monoisotopic (exact) mass is 496 g/mol. The molecule has 34 heavy (non-hydrogen) atoms. The van der Waals surface area contributed by atoms with Crippen LogP contribution in [0.15, 0.2) is 29.2 Å². The molecule has 0 radical (unpaired) electrons. The van der Waals surface area contributed by atoms with E-state index in [0.29, 0.717) is 6.07 Å². The van der Waals surface area contributed by atoms with Crippen LogP contribution < -0.4 is 15.6 Å². The highest BCUT2D eigenvalue weighted by molar-refractivity contribution is 6.32. The van der Waals surface area contributed by atoms with E-state index in [4.69, 9.17) is 11.6 Å². The van der Waals surface area contributed by atoms with E-state index in [1.807, 2.05) is 0 Å². The van der Waals surface area contributed by atoms with Crippen molar-refractivity contribution in [2.24, 2.45) is 0 Å². The van der Waals surface area contributed by atoms with Crippen molar-refractivity contribution in [1.29, 1.82) is 0 Å². The number of carbonyl (C=O) groups excluding carboxylic acids is 1. The summed E-state index contributed by atoms with van der Waals surface area (Å²) in [6, 6.07) is 1.91. The largest absolute Gasteiger partial charge is 0.389 e. The highest BCUT2D eigenvalue weighted by Gasteiger charge is 2.33. The van der Waals surface area contributed by atoms with Gasteiger partial charge >= 0.3 is 0 Å². The number of hydrogen-bond donors (Lipinski definition) is 3. The number of nitrogens with one attached hydrogen (secondary N) is 1. The van der Waals surface area contributed by atoms with Gasteiger partial charge in [-0.2, -0.15) is 0 Å². The number of carbonyl (C=O) groups is 1. The van der Waals surface area contributed by atoms with Crippen LogP contribution in [-0.4, -0.2) is 57.0 Å². The molecule has 180 valence electrons. The van der Waals surface area contributed by atoms with Crippen molar-refractivity contribution in [2.45, 2.75) is 32.1 Å². The topological polar surface area (TPSA) is 108 Å². The van der Waals surface area contributed by atoms with E-state index in [2.05, 4.69) is 10.3 Å². The average molecular weight is 497 g/mol. The van der Waals surface area contributed by atoms with Crippen LogP contribution in [0, 0.1) is 17.5 Å². The second kappa shape index (κ2) is 8.90. The molecule has 0 spiro atoms. The summed E-state index contributed by atoms with van der Waals surface area (Å²) in [6.45, 7) is 3.06. The zero-order chi connectivity index (χ0) is 24.9. The summed E-state index contributed by atoms with van der Waals surface area (Å²) in [5, 5.41) is 21.5. The molecule has 3 aromatic rings. The van der Waals surface area contributed by atoms with E-state index < -0.39 is 52.2 Å². The minimum Gasteiger partial charge on any atom is -0.389 e. The third kappa shape index (κ3) is 4.22. The third-order valence-corrected chi connectivity index (χ3v) is 5.65. The molecule has 3 N–H and O–H groups in total. The molecule has 0 saturated carbocycles. The molecule has 3 heterocycles. The quantitative estimate of drug-likeness (QED) is 0.511. The first-order chi connectivity index (χ1) is 16.0. The number of amides is 1. The lowest BCUT2D eigenvalue weighted by atomic mass is 10.1. The fraction of sp³-hybridized carbons (Fsp3) is 0.318. The summed E-state index contributed by atoms with van der Waals surface area (Å²) >= 11 is 6.10. The fourth-order valence-electron chi connectivity index (χ4n) is 3.82. The molecule has 1 saturated heterocycles. The SMILES string of the molecule is CC(C)NC(=O)c1cn(-c2c(F)cc(F)cc2Cl)c2nc(N3C[C@@H](O)[C@H](O)C3)c(F)cc2c1=O. The van der Waals surface area contributed by atoms with Crippen molar-refractivity contribution in [3.05, 3.63) is 62.7 Å². The molecule has 4 rings (SSSR count). The van der Waals surface area contributed by atoms with Gasteiger partial charge in [0.15, 0.2) is 23.1 Å². The van der Waals surface area contributed by atoms with Crippen molar-refractivity contribution in [3.63, 3.8) is 0 Å². The van der Waals surface area contributed by atoms with Gasteiger partial charge in [-0.05, 0) is 26.0 Å². The predicted octanol–water partition coefficient (Wildman–Crippen LogP) is 2.14. The van der Waals surface area contributed by atoms with E-state index in [0.717, 1.165) is 22.9 Å². The number of anilines is 1. The van der Waals surface area contributed by atoms with Crippen LogP contribution in [0.2, 0.25) is 5.02 Å². The van der Waals surface area contributed by atoms with Gasteiger partial charge in [0.2, 0.25) is 5.43 Å². The molecule has 2 aromatic heterocycles. The molecule has 1 amide bonds. The molecule has 0 aliphatic carbocycles. The summed E-state index contributed by atoms with van der Waals surface area (Å²) in [5.41, 5.74) is -1.95. The molecule has 2 atom stereocenters. The first-order valence-corrected chi connectivity index (χ1v) is 10.7. The number of pyridine rings is 2. The Morgan fingerprint density at radius 1 is 1.15 bits per heavy atom. The number of halogens is 4. The predicted molar refractivity (Wildman–Crippen MR) is 119 cm³/mol. The molecule has 1 aliphatic heterocycles. The van der Waals surface area contributed by atoms with Crippen LogP contribution in [0.5, 0.6) is 0 Å².